The number of amides is 1. The number of rotatable bonds is 6. The molecule has 1 atom stereocenters. The van der Waals surface area contributed by atoms with Gasteiger partial charge in [0.1, 0.15) is 5.60 Å². The molecule has 1 saturated heterocycles. The first-order valence-corrected chi connectivity index (χ1v) is 7.50. The van der Waals surface area contributed by atoms with Crippen molar-refractivity contribution in [3.63, 3.8) is 0 Å². The molecule has 124 valence electrons. The van der Waals surface area contributed by atoms with Crippen LogP contribution in [0.5, 0.6) is 0 Å². The first-order chi connectivity index (χ1) is 10.5. The van der Waals surface area contributed by atoms with Gasteiger partial charge >= 0.3 is 0 Å². The van der Waals surface area contributed by atoms with E-state index < -0.39 is 5.60 Å². The third kappa shape index (κ3) is 4.06. The molecule has 1 aliphatic rings. The molecule has 1 amide bonds. The fraction of sp³-hybridized carbons (Fsp3) is 0.733. The highest BCUT2D eigenvalue weighted by Gasteiger charge is 2.39. The summed E-state index contributed by atoms with van der Waals surface area (Å²) in [6.07, 6.45) is 2.18. The summed E-state index contributed by atoms with van der Waals surface area (Å²) in [5.74, 6) is 0.0541. The van der Waals surface area contributed by atoms with Crippen molar-refractivity contribution in [1.29, 1.82) is 0 Å². The first kappa shape index (κ1) is 16.9. The van der Waals surface area contributed by atoms with Crippen LogP contribution in [0.1, 0.15) is 17.7 Å². The Kier molecular flexibility index (Phi) is 5.55. The normalized spacial score (nSPS) is 22.7. The molecule has 7 nitrogen and oxygen atoms in total. The van der Waals surface area contributed by atoms with Crippen molar-refractivity contribution in [2.24, 2.45) is 0 Å². The third-order valence-electron chi connectivity index (χ3n) is 4.04. The largest absolute Gasteiger partial charge is 0.382 e. The summed E-state index contributed by atoms with van der Waals surface area (Å²) in [5, 5.41) is 7.02. The molecule has 1 aromatic rings. The number of aromatic amines is 1. The second kappa shape index (κ2) is 7.21. The lowest BCUT2D eigenvalue weighted by molar-refractivity contribution is -0.160. The van der Waals surface area contributed by atoms with E-state index in [4.69, 9.17) is 9.47 Å². The Balaban J connectivity index is 2.06. The van der Waals surface area contributed by atoms with Gasteiger partial charge in [-0.25, -0.2) is 0 Å². The van der Waals surface area contributed by atoms with Gasteiger partial charge in [0.2, 0.25) is 5.91 Å². The van der Waals surface area contributed by atoms with Gasteiger partial charge < -0.3 is 14.4 Å². The van der Waals surface area contributed by atoms with E-state index in [1.165, 1.54) is 5.56 Å². The number of H-pyrrole nitrogens is 1. The third-order valence-corrected chi connectivity index (χ3v) is 4.04. The number of carbonyl (C=O) groups excluding carboxylic acids is 1. The summed E-state index contributed by atoms with van der Waals surface area (Å²) in [5.41, 5.74) is 1.67. The topological polar surface area (TPSA) is 70.7 Å². The number of carbonyl (C=O) groups is 1. The second-order valence-electron chi connectivity index (χ2n) is 6.16. The van der Waals surface area contributed by atoms with Crippen molar-refractivity contribution < 1.29 is 14.3 Å². The SMILES string of the molecule is COCC1(CC(=O)N(C)C)CN(Cc2cn[nH]c2C)CCO1. The molecule has 1 aliphatic heterocycles. The molecule has 0 spiro atoms. The molecule has 1 aromatic heterocycles. The highest BCUT2D eigenvalue weighted by Crippen LogP contribution is 2.25. The lowest BCUT2D eigenvalue weighted by atomic mass is 9.96. The van der Waals surface area contributed by atoms with Crippen LogP contribution in [0.25, 0.3) is 0 Å². The monoisotopic (exact) mass is 310 g/mol. The van der Waals surface area contributed by atoms with Crippen molar-refractivity contribution in [3.05, 3.63) is 17.5 Å². The molecule has 2 rings (SSSR count). The van der Waals surface area contributed by atoms with Gasteiger partial charge in [0.15, 0.2) is 0 Å². The maximum Gasteiger partial charge on any atom is 0.225 e. The van der Waals surface area contributed by atoms with Crippen LogP contribution in [0.15, 0.2) is 6.20 Å². The van der Waals surface area contributed by atoms with E-state index in [0.717, 1.165) is 18.8 Å². The minimum atomic E-state index is -0.577. The van der Waals surface area contributed by atoms with Crippen LogP contribution in [0, 0.1) is 6.92 Å². The van der Waals surface area contributed by atoms with E-state index in [1.54, 1.807) is 26.1 Å². The maximum atomic E-state index is 12.1. The number of ether oxygens (including phenoxy) is 2. The Hall–Kier alpha value is -1.44. The van der Waals surface area contributed by atoms with E-state index in [0.29, 0.717) is 26.2 Å². The van der Waals surface area contributed by atoms with Gasteiger partial charge in [-0.05, 0) is 6.92 Å². The Labute approximate surface area is 131 Å². The molecule has 1 N–H and O–H groups in total. The fourth-order valence-corrected chi connectivity index (χ4v) is 2.78. The van der Waals surface area contributed by atoms with Crippen LogP contribution >= 0.6 is 0 Å². The van der Waals surface area contributed by atoms with Gasteiger partial charge in [0.05, 0.1) is 25.8 Å². The molecule has 0 radical (unpaired) electrons. The minimum Gasteiger partial charge on any atom is -0.382 e. The number of methoxy groups -OCH3 is 1. The number of hydrogen-bond acceptors (Lipinski definition) is 5. The number of hydrogen-bond donors (Lipinski definition) is 1. The van der Waals surface area contributed by atoms with Gasteiger partial charge in [-0.1, -0.05) is 0 Å². The van der Waals surface area contributed by atoms with Crippen LogP contribution < -0.4 is 0 Å². The summed E-state index contributed by atoms with van der Waals surface area (Å²) in [7, 11) is 5.17. The zero-order chi connectivity index (χ0) is 16.2. The first-order valence-electron chi connectivity index (χ1n) is 7.50. The van der Waals surface area contributed by atoms with Crippen LogP contribution in [-0.4, -0.2) is 79.0 Å². The van der Waals surface area contributed by atoms with E-state index in [-0.39, 0.29) is 5.91 Å². The standard InChI is InChI=1S/C15H26N4O3/c1-12-13(8-16-17-12)9-19-5-6-22-15(10-19,11-21-4)7-14(20)18(2)3/h8H,5-7,9-11H2,1-4H3,(H,16,17). The van der Waals surface area contributed by atoms with Gasteiger partial charge in [0.25, 0.3) is 0 Å². The van der Waals surface area contributed by atoms with Crippen molar-refractivity contribution >= 4 is 5.91 Å². The minimum absolute atomic E-state index is 0.0541. The lowest BCUT2D eigenvalue weighted by Gasteiger charge is -2.42. The Morgan fingerprint density at radius 3 is 2.95 bits per heavy atom. The molecule has 1 fully saturated rings. The highest BCUT2D eigenvalue weighted by atomic mass is 16.5. The number of aryl methyl sites for hydroxylation is 1. The molecule has 0 saturated carbocycles. The average Bonchev–Trinajstić information content (AvgIpc) is 2.84. The number of nitrogens with zero attached hydrogens (tertiary/aromatic N) is 3. The van der Waals surface area contributed by atoms with Crippen LogP contribution in [-0.2, 0) is 20.8 Å². The van der Waals surface area contributed by atoms with Crippen molar-refractivity contribution in [2.75, 3.05) is 47.5 Å². The zero-order valence-electron chi connectivity index (χ0n) is 13.9. The quantitative estimate of drug-likeness (QED) is 0.824. The summed E-state index contributed by atoms with van der Waals surface area (Å²) < 4.78 is 11.3. The second-order valence-corrected chi connectivity index (χ2v) is 6.16. The highest BCUT2D eigenvalue weighted by molar-refractivity contribution is 5.76. The average molecular weight is 310 g/mol. The smallest absolute Gasteiger partial charge is 0.225 e. The molecule has 0 aliphatic carbocycles. The molecule has 7 heteroatoms. The van der Waals surface area contributed by atoms with Crippen molar-refractivity contribution in [1.82, 2.24) is 20.0 Å². The maximum absolute atomic E-state index is 12.1. The Morgan fingerprint density at radius 1 is 1.59 bits per heavy atom. The van der Waals surface area contributed by atoms with Gasteiger partial charge in [-0.15, -0.1) is 0 Å². The Bertz CT molecular complexity index is 499. The summed E-state index contributed by atoms with van der Waals surface area (Å²) in [6, 6.07) is 0. The summed E-state index contributed by atoms with van der Waals surface area (Å²) >= 11 is 0. The fourth-order valence-electron chi connectivity index (χ4n) is 2.78. The molecule has 2 heterocycles. The van der Waals surface area contributed by atoms with Gasteiger partial charge in [0, 0.05) is 52.1 Å². The van der Waals surface area contributed by atoms with E-state index in [1.807, 2.05) is 13.1 Å². The predicted octanol–water partition coefficient (Wildman–Crippen LogP) is 0.414. The van der Waals surface area contributed by atoms with Gasteiger partial charge in [-0.3, -0.25) is 14.8 Å². The Morgan fingerprint density at radius 2 is 2.36 bits per heavy atom. The van der Waals surface area contributed by atoms with Gasteiger partial charge in [-0.2, -0.15) is 5.10 Å². The van der Waals surface area contributed by atoms with Crippen LogP contribution in [0.3, 0.4) is 0 Å². The number of nitrogens with one attached hydrogen (secondary N) is 1. The van der Waals surface area contributed by atoms with Crippen LogP contribution in [0.2, 0.25) is 0 Å². The van der Waals surface area contributed by atoms with E-state index in [9.17, 15) is 4.79 Å². The molecule has 0 aromatic carbocycles. The molecule has 0 bridgehead atoms. The molecular formula is C15H26N4O3. The summed E-state index contributed by atoms with van der Waals surface area (Å²) in [6.45, 7) is 5.33. The molecule has 22 heavy (non-hydrogen) atoms. The molecular weight excluding hydrogens is 284 g/mol. The van der Waals surface area contributed by atoms with Crippen LogP contribution in [0.4, 0.5) is 0 Å². The number of aromatic nitrogens is 2. The van der Waals surface area contributed by atoms with E-state index in [2.05, 4.69) is 15.1 Å². The predicted molar refractivity (Wildman–Crippen MR) is 82.5 cm³/mol. The lowest BCUT2D eigenvalue weighted by Crippen LogP contribution is -2.55. The summed E-state index contributed by atoms with van der Waals surface area (Å²) in [4.78, 5) is 16.0. The zero-order valence-corrected chi connectivity index (χ0v) is 13.9. The number of morpholine rings is 1. The van der Waals surface area contributed by atoms with E-state index >= 15 is 0 Å². The molecule has 1 unspecified atom stereocenters. The van der Waals surface area contributed by atoms with Crippen molar-refractivity contribution in [2.45, 2.75) is 25.5 Å². The van der Waals surface area contributed by atoms with Crippen molar-refractivity contribution in [3.8, 4) is 0 Å².